The summed E-state index contributed by atoms with van der Waals surface area (Å²) >= 11 is 0. The van der Waals surface area contributed by atoms with E-state index in [9.17, 15) is 9.18 Å². The fourth-order valence-electron chi connectivity index (χ4n) is 5.27. The van der Waals surface area contributed by atoms with E-state index in [0.717, 1.165) is 65.1 Å². The van der Waals surface area contributed by atoms with Crippen LogP contribution >= 0.6 is 0 Å². The summed E-state index contributed by atoms with van der Waals surface area (Å²) in [6.45, 7) is 7.86. The molecule has 0 bridgehead atoms. The number of piperidine rings is 1. The topological polar surface area (TPSA) is 100 Å². The number of nitrogens with zero attached hydrogens (tertiary/aromatic N) is 5. The van der Waals surface area contributed by atoms with E-state index in [1.165, 1.54) is 12.1 Å². The van der Waals surface area contributed by atoms with E-state index in [1.54, 1.807) is 12.3 Å². The molecule has 4 aromatic heterocycles. The van der Waals surface area contributed by atoms with Gasteiger partial charge in [-0.1, -0.05) is 6.07 Å². The van der Waals surface area contributed by atoms with Gasteiger partial charge in [-0.3, -0.25) is 9.89 Å². The fraction of sp³-hybridized carbons (Fsp3) is 0.310. The Morgan fingerprint density at radius 2 is 2.00 bits per heavy atom. The summed E-state index contributed by atoms with van der Waals surface area (Å²) in [7, 11) is 0. The van der Waals surface area contributed by atoms with Crippen LogP contribution in [0.4, 0.5) is 10.2 Å². The number of aromatic amines is 1. The van der Waals surface area contributed by atoms with E-state index >= 15 is 0 Å². The molecule has 0 unspecified atom stereocenters. The second-order valence-electron chi connectivity index (χ2n) is 10.3. The molecule has 5 heterocycles. The van der Waals surface area contributed by atoms with Crippen LogP contribution in [0.2, 0.25) is 0 Å². The number of hydrogen-bond acceptors (Lipinski definition) is 6. The fourth-order valence-corrected chi connectivity index (χ4v) is 5.27. The molecule has 0 atom stereocenters. The van der Waals surface area contributed by atoms with Crippen molar-refractivity contribution in [2.45, 2.75) is 39.2 Å². The third kappa shape index (κ3) is 4.67. The van der Waals surface area contributed by atoms with Crippen LogP contribution < -0.4 is 15.0 Å². The smallest absolute Gasteiger partial charge is 0.252 e. The Balaban J connectivity index is 1.19. The van der Waals surface area contributed by atoms with Crippen molar-refractivity contribution in [3.05, 3.63) is 71.9 Å². The van der Waals surface area contributed by atoms with E-state index in [2.05, 4.69) is 31.6 Å². The lowest BCUT2D eigenvalue weighted by molar-refractivity contribution is 0.0890. The highest BCUT2D eigenvalue weighted by Gasteiger charge is 2.32. The van der Waals surface area contributed by atoms with Crippen LogP contribution in [0.1, 0.15) is 42.6 Å². The summed E-state index contributed by atoms with van der Waals surface area (Å²) in [5.41, 5.74) is 4.32. The van der Waals surface area contributed by atoms with Crippen molar-refractivity contribution < 1.29 is 13.9 Å². The highest BCUT2D eigenvalue weighted by atomic mass is 19.1. The monoisotopic (exact) mass is 527 g/mol. The number of hydrogen-bond donors (Lipinski definition) is 2. The minimum absolute atomic E-state index is 0.238. The predicted octanol–water partition coefficient (Wildman–Crippen LogP) is 4.91. The van der Waals surface area contributed by atoms with Crippen LogP contribution in [0.3, 0.4) is 0 Å². The molecular weight excluding hydrogens is 497 g/mol. The van der Waals surface area contributed by atoms with Gasteiger partial charge in [0.25, 0.3) is 5.91 Å². The van der Waals surface area contributed by atoms with Crippen molar-refractivity contribution in [2.75, 3.05) is 24.6 Å². The summed E-state index contributed by atoms with van der Waals surface area (Å²) < 4.78 is 21.3. The number of benzene rings is 1. The third-order valence-corrected chi connectivity index (χ3v) is 7.52. The highest BCUT2D eigenvalue weighted by Crippen LogP contribution is 2.34. The molecule has 200 valence electrons. The number of carbonyl (C=O) groups excluding carboxylic acids is 1. The van der Waals surface area contributed by atoms with Gasteiger partial charge in [-0.05, 0) is 69.5 Å². The van der Waals surface area contributed by atoms with Gasteiger partial charge in [0.15, 0.2) is 5.65 Å². The van der Waals surface area contributed by atoms with Gasteiger partial charge < -0.3 is 15.0 Å². The maximum atomic E-state index is 13.7. The number of anilines is 1. The molecule has 1 amide bonds. The molecular formula is C29H30FN7O2. The lowest BCUT2D eigenvalue weighted by Crippen LogP contribution is -2.53. The standard InChI is InChI=1S/C29H30FN7O2/c1-4-39-21-14-23(26-24-16-32-34-27(24)35-37(26)17-21)19-6-8-25(31-15-19)36-11-9-29(3,10-12-36)33-28(38)22-13-20(30)7-5-18(22)2/h5-8,13-17H,4,9-12H2,1-3H3,(H,33,38)(H,34,35). The zero-order valence-electron chi connectivity index (χ0n) is 22.2. The average molecular weight is 528 g/mol. The Kier molecular flexibility index (Phi) is 6.17. The van der Waals surface area contributed by atoms with E-state index in [4.69, 9.17) is 9.72 Å². The second-order valence-corrected chi connectivity index (χ2v) is 10.3. The first-order valence-corrected chi connectivity index (χ1v) is 13.1. The van der Waals surface area contributed by atoms with Gasteiger partial charge in [0, 0.05) is 41.5 Å². The zero-order chi connectivity index (χ0) is 27.1. The number of aromatic nitrogens is 5. The molecule has 1 aliphatic heterocycles. The van der Waals surface area contributed by atoms with Gasteiger partial charge >= 0.3 is 0 Å². The van der Waals surface area contributed by atoms with Gasteiger partial charge in [-0.25, -0.2) is 13.9 Å². The van der Waals surface area contributed by atoms with Crippen molar-refractivity contribution >= 4 is 28.3 Å². The number of nitrogens with one attached hydrogen (secondary N) is 2. The zero-order valence-corrected chi connectivity index (χ0v) is 22.2. The largest absolute Gasteiger partial charge is 0.492 e. The van der Waals surface area contributed by atoms with Gasteiger partial charge in [0.05, 0.1) is 29.9 Å². The Bertz CT molecular complexity index is 1670. The van der Waals surface area contributed by atoms with Crippen molar-refractivity contribution in [2.24, 2.45) is 0 Å². The summed E-state index contributed by atoms with van der Waals surface area (Å²) in [5.74, 6) is 0.964. The van der Waals surface area contributed by atoms with E-state index in [0.29, 0.717) is 17.8 Å². The lowest BCUT2D eigenvalue weighted by Gasteiger charge is -2.40. The van der Waals surface area contributed by atoms with Crippen molar-refractivity contribution in [1.29, 1.82) is 0 Å². The molecule has 1 fully saturated rings. The number of carbonyl (C=O) groups is 1. The van der Waals surface area contributed by atoms with Crippen molar-refractivity contribution in [3.63, 3.8) is 0 Å². The van der Waals surface area contributed by atoms with Crippen LogP contribution in [-0.4, -0.2) is 55.9 Å². The minimum Gasteiger partial charge on any atom is -0.492 e. The molecule has 0 radical (unpaired) electrons. The first kappa shape index (κ1) is 24.8. The molecule has 2 N–H and O–H groups in total. The lowest BCUT2D eigenvalue weighted by atomic mass is 9.89. The molecule has 5 aromatic rings. The molecule has 0 saturated carbocycles. The molecule has 6 rings (SSSR count). The highest BCUT2D eigenvalue weighted by molar-refractivity contribution is 6.01. The molecule has 1 saturated heterocycles. The number of aryl methyl sites for hydroxylation is 1. The number of fused-ring (bicyclic) bond motifs is 3. The van der Waals surface area contributed by atoms with Crippen molar-refractivity contribution in [3.8, 4) is 16.9 Å². The first-order chi connectivity index (χ1) is 18.8. The van der Waals surface area contributed by atoms with E-state index in [-0.39, 0.29) is 11.4 Å². The Morgan fingerprint density at radius 3 is 2.74 bits per heavy atom. The van der Waals surface area contributed by atoms with Crippen LogP contribution in [0.15, 0.2) is 55.0 Å². The second kappa shape index (κ2) is 9.68. The van der Waals surface area contributed by atoms with Gasteiger partial charge in [0.1, 0.15) is 17.4 Å². The molecule has 10 heteroatoms. The summed E-state index contributed by atoms with van der Waals surface area (Å²) in [6, 6.07) is 10.4. The van der Waals surface area contributed by atoms with Crippen LogP contribution in [0.5, 0.6) is 5.75 Å². The van der Waals surface area contributed by atoms with Crippen molar-refractivity contribution in [1.82, 2.24) is 30.1 Å². The maximum absolute atomic E-state index is 13.7. The number of ether oxygens (including phenoxy) is 1. The number of halogens is 1. The predicted molar refractivity (Wildman–Crippen MR) is 148 cm³/mol. The maximum Gasteiger partial charge on any atom is 0.252 e. The quantitative estimate of drug-likeness (QED) is 0.326. The molecule has 39 heavy (non-hydrogen) atoms. The van der Waals surface area contributed by atoms with Crippen LogP contribution in [0, 0.1) is 12.7 Å². The van der Waals surface area contributed by atoms with Gasteiger partial charge in [-0.15, -0.1) is 5.10 Å². The Morgan fingerprint density at radius 1 is 1.18 bits per heavy atom. The normalized spacial score (nSPS) is 15.1. The molecule has 1 aliphatic rings. The Labute approximate surface area is 225 Å². The third-order valence-electron chi connectivity index (χ3n) is 7.52. The first-order valence-electron chi connectivity index (χ1n) is 13.1. The molecule has 9 nitrogen and oxygen atoms in total. The summed E-state index contributed by atoms with van der Waals surface area (Å²) in [6.07, 6.45) is 7.03. The summed E-state index contributed by atoms with van der Waals surface area (Å²) in [5, 5.41) is 15.8. The van der Waals surface area contributed by atoms with Gasteiger partial charge in [0.2, 0.25) is 0 Å². The van der Waals surface area contributed by atoms with Gasteiger partial charge in [-0.2, -0.15) is 5.10 Å². The molecule has 0 spiro atoms. The number of pyridine rings is 2. The summed E-state index contributed by atoms with van der Waals surface area (Å²) in [4.78, 5) is 19.9. The number of H-pyrrole nitrogens is 1. The molecule has 1 aromatic carbocycles. The number of rotatable bonds is 6. The minimum atomic E-state index is -0.409. The average Bonchev–Trinajstić information content (AvgIpc) is 3.51. The number of amides is 1. The van der Waals surface area contributed by atoms with Crippen LogP contribution in [-0.2, 0) is 0 Å². The molecule has 0 aliphatic carbocycles. The van der Waals surface area contributed by atoms with Crippen LogP contribution in [0.25, 0.3) is 27.7 Å². The SMILES string of the molecule is CCOc1cc(-c2ccc(N3CCC(C)(NC(=O)c4cc(F)ccc4C)CC3)nc2)c2c3cn[nH]c3nn2c1. The van der Waals surface area contributed by atoms with E-state index < -0.39 is 5.82 Å². The Hall–Kier alpha value is -4.47. The van der Waals surface area contributed by atoms with E-state index in [1.807, 2.05) is 49.8 Å².